The van der Waals surface area contributed by atoms with Crippen LogP contribution in [0.2, 0.25) is 0 Å². The van der Waals surface area contributed by atoms with Gasteiger partial charge >= 0.3 is 0 Å². The fourth-order valence-electron chi connectivity index (χ4n) is 5.44. The Balaban J connectivity index is 1.74. The highest BCUT2D eigenvalue weighted by Crippen LogP contribution is 2.28. The molecule has 44 heavy (non-hydrogen) atoms. The molecule has 1 aliphatic rings. The largest absolute Gasteiger partial charge is 0.497 e. The van der Waals surface area contributed by atoms with E-state index in [0.29, 0.717) is 11.3 Å². The summed E-state index contributed by atoms with van der Waals surface area (Å²) in [6, 6.07) is 18.9. The molecule has 1 atom stereocenters. The molecule has 1 aliphatic carbocycles. The number of hydrogen-bond donors (Lipinski definition) is 1. The van der Waals surface area contributed by atoms with Crippen molar-refractivity contribution in [3.8, 4) is 5.75 Å². The molecular weight excluding hydrogens is 584 g/mol. The Bertz CT molecular complexity index is 1560. The zero-order chi connectivity index (χ0) is 31.7. The average Bonchev–Trinajstić information content (AvgIpc) is 3.04. The van der Waals surface area contributed by atoms with Crippen LogP contribution in [0.4, 0.5) is 11.4 Å². The fourth-order valence-corrected chi connectivity index (χ4v) is 6.87. The molecule has 12 heteroatoms. The lowest BCUT2D eigenvalue weighted by Crippen LogP contribution is -2.54. The van der Waals surface area contributed by atoms with Gasteiger partial charge in [-0.1, -0.05) is 62.6 Å². The summed E-state index contributed by atoms with van der Waals surface area (Å²) in [4.78, 5) is 40.1. The van der Waals surface area contributed by atoms with Crippen molar-refractivity contribution < 1.29 is 27.7 Å². The molecule has 0 bridgehead atoms. The number of anilines is 1. The molecule has 2 amide bonds. The first-order valence-electron chi connectivity index (χ1n) is 14.7. The molecule has 0 saturated heterocycles. The van der Waals surface area contributed by atoms with Crippen LogP contribution in [0.15, 0.2) is 83.8 Å². The van der Waals surface area contributed by atoms with Crippen molar-refractivity contribution >= 4 is 33.2 Å². The number of non-ortho nitro benzene ring substituents is 1. The molecule has 0 unspecified atom stereocenters. The second-order valence-corrected chi connectivity index (χ2v) is 12.6. The third kappa shape index (κ3) is 7.93. The van der Waals surface area contributed by atoms with Crippen LogP contribution in [0.25, 0.3) is 0 Å². The molecule has 0 aromatic heterocycles. The molecule has 3 aromatic carbocycles. The summed E-state index contributed by atoms with van der Waals surface area (Å²) in [5, 5.41) is 14.7. The SMILES string of the molecule is CC[C@@H](C(=O)NC1CCCCC1)N(Cc1cccc(OC)c1)C(=O)CN(c1cccc([N+](=O)[O-])c1)S(=O)(=O)c1ccccc1. The van der Waals surface area contributed by atoms with E-state index in [2.05, 4.69) is 5.32 Å². The number of nitro benzene ring substituents is 1. The minimum absolute atomic E-state index is 0.0129. The van der Waals surface area contributed by atoms with Crippen molar-refractivity contribution in [1.29, 1.82) is 0 Å². The summed E-state index contributed by atoms with van der Waals surface area (Å²) in [6.45, 7) is 1.13. The number of benzene rings is 3. The standard InChI is InChI=1S/C32H38N4O7S/c1-3-30(32(38)33-25-13-6-4-7-14-25)34(22-24-12-10-17-28(20-24)43-2)31(37)23-35(26-15-11-16-27(21-26)36(39)40)44(41,42)29-18-8-5-9-19-29/h5,8-12,15-21,25,30H,3-4,6-7,13-14,22-23H2,1-2H3,(H,33,38)/t30-/m0/s1. The molecule has 11 nitrogen and oxygen atoms in total. The van der Waals surface area contributed by atoms with Crippen LogP contribution in [-0.2, 0) is 26.2 Å². The van der Waals surface area contributed by atoms with Crippen LogP contribution in [0.5, 0.6) is 5.75 Å². The number of rotatable bonds is 13. The van der Waals surface area contributed by atoms with E-state index >= 15 is 0 Å². The van der Waals surface area contributed by atoms with Crippen molar-refractivity contribution in [3.63, 3.8) is 0 Å². The Morgan fingerprint density at radius 3 is 2.36 bits per heavy atom. The molecule has 4 rings (SSSR count). The Kier molecular flexibility index (Phi) is 10.9. The maximum atomic E-state index is 14.3. The lowest BCUT2D eigenvalue weighted by molar-refractivity contribution is -0.384. The first kappa shape index (κ1) is 32.5. The van der Waals surface area contributed by atoms with Crippen LogP contribution in [0.1, 0.15) is 51.0 Å². The zero-order valence-corrected chi connectivity index (χ0v) is 25.7. The van der Waals surface area contributed by atoms with Gasteiger partial charge in [-0.25, -0.2) is 8.42 Å². The lowest BCUT2D eigenvalue weighted by atomic mass is 9.95. The van der Waals surface area contributed by atoms with E-state index in [4.69, 9.17) is 4.74 Å². The van der Waals surface area contributed by atoms with Gasteiger partial charge in [-0.05, 0) is 55.2 Å². The monoisotopic (exact) mass is 622 g/mol. The van der Waals surface area contributed by atoms with E-state index in [1.54, 1.807) is 49.4 Å². The predicted octanol–water partition coefficient (Wildman–Crippen LogP) is 5.06. The quantitative estimate of drug-likeness (QED) is 0.208. The van der Waals surface area contributed by atoms with Gasteiger partial charge < -0.3 is 15.0 Å². The van der Waals surface area contributed by atoms with Gasteiger partial charge in [-0.2, -0.15) is 0 Å². The van der Waals surface area contributed by atoms with E-state index in [1.165, 1.54) is 42.3 Å². The lowest BCUT2D eigenvalue weighted by Gasteiger charge is -2.34. The number of amides is 2. The van der Waals surface area contributed by atoms with Gasteiger partial charge in [0.15, 0.2) is 0 Å². The number of nitrogens with one attached hydrogen (secondary N) is 1. The Labute approximate surface area is 258 Å². The van der Waals surface area contributed by atoms with Gasteiger partial charge in [-0.15, -0.1) is 0 Å². The number of carbonyl (C=O) groups excluding carboxylic acids is 2. The number of hydrogen-bond acceptors (Lipinski definition) is 7. The first-order valence-corrected chi connectivity index (χ1v) is 16.1. The van der Waals surface area contributed by atoms with Crippen LogP contribution in [0, 0.1) is 10.1 Å². The molecule has 0 radical (unpaired) electrons. The highest BCUT2D eigenvalue weighted by atomic mass is 32.2. The molecule has 0 aliphatic heterocycles. The maximum Gasteiger partial charge on any atom is 0.271 e. The molecule has 1 fully saturated rings. The number of ether oxygens (including phenoxy) is 1. The van der Waals surface area contributed by atoms with Gasteiger partial charge in [0.1, 0.15) is 18.3 Å². The number of methoxy groups -OCH3 is 1. The van der Waals surface area contributed by atoms with Crippen LogP contribution in [0.3, 0.4) is 0 Å². The number of nitro groups is 1. The average molecular weight is 623 g/mol. The Hall–Kier alpha value is -4.45. The summed E-state index contributed by atoms with van der Waals surface area (Å²) in [5.74, 6) is -0.368. The van der Waals surface area contributed by atoms with Crippen LogP contribution >= 0.6 is 0 Å². The van der Waals surface area contributed by atoms with Crippen molar-refractivity contribution in [2.45, 2.75) is 69.0 Å². The smallest absolute Gasteiger partial charge is 0.271 e. The van der Waals surface area contributed by atoms with Crippen molar-refractivity contribution in [3.05, 3.63) is 94.5 Å². The molecule has 1 saturated carbocycles. The molecule has 1 N–H and O–H groups in total. The summed E-state index contributed by atoms with van der Waals surface area (Å²) in [7, 11) is -2.81. The van der Waals surface area contributed by atoms with E-state index in [9.17, 15) is 28.1 Å². The molecule has 0 spiro atoms. The highest BCUT2D eigenvalue weighted by Gasteiger charge is 2.35. The van der Waals surface area contributed by atoms with Gasteiger partial charge in [0.05, 0.1) is 22.6 Å². The summed E-state index contributed by atoms with van der Waals surface area (Å²) in [5.41, 5.74) is 0.321. The second-order valence-electron chi connectivity index (χ2n) is 10.7. The van der Waals surface area contributed by atoms with Crippen molar-refractivity contribution in [2.24, 2.45) is 0 Å². The van der Waals surface area contributed by atoms with Gasteiger partial charge in [0.2, 0.25) is 11.8 Å². The van der Waals surface area contributed by atoms with Crippen LogP contribution < -0.4 is 14.4 Å². The third-order valence-electron chi connectivity index (χ3n) is 7.76. The van der Waals surface area contributed by atoms with E-state index in [1.807, 2.05) is 0 Å². The maximum absolute atomic E-state index is 14.3. The second kappa shape index (κ2) is 14.8. The van der Waals surface area contributed by atoms with Crippen LogP contribution in [-0.4, -0.2) is 55.8 Å². The number of sulfonamides is 1. The summed E-state index contributed by atoms with van der Waals surface area (Å²) >= 11 is 0. The Morgan fingerprint density at radius 1 is 1.00 bits per heavy atom. The Morgan fingerprint density at radius 2 is 1.70 bits per heavy atom. The molecule has 3 aromatic rings. The predicted molar refractivity (Wildman–Crippen MR) is 167 cm³/mol. The molecule has 0 heterocycles. The minimum Gasteiger partial charge on any atom is -0.497 e. The van der Waals surface area contributed by atoms with E-state index < -0.39 is 33.4 Å². The third-order valence-corrected chi connectivity index (χ3v) is 9.55. The zero-order valence-electron chi connectivity index (χ0n) is 24.9. The molecule has 234 valence electrons. The first-order chi connectivity index (χ1) is 21.1. The van der Waals surface area contributed by atoms with E-state index in [0.717, 1.165) is 42.5 Å². The topological polar surface area (TPSA) is 139 Å². The number of nitrogens with zero attached hydrogens (tertiary/aromatic N) is 3. The van der Waals surface area contributed by atoms with Gasteiger partial charge in [0, 0.05) is 24.7 Å². The minimum atomic E-state index is -4.34. The van der Waals surface area contributed by atoms with Gasteiger partial charge in [-0.3, -0.25) is 24.0 Å². The highest BCUT2D eigenvalue weighted by molar-refractivity contribution is 7.92. The van der Waals surface area contributed by atoms with Crippen molar-refractivity contribution in [2.75, 3.05) is 18.0 Å². The summed E-state index contributed by atoms with van der Waals surface area (Å²) < 4.78 is 34.1. The normalized spacial score (nSPS) is 14.3. The fraction of sp³-hybridized carbons (Fsp3) is 0.375. The van der Waals surface area contributed by atoms with E-state index in [-0.39, 0.29) is 41.2 Å². The van der Waals surface area contributed by atoms with Gasteiger partial charge in [0.25, 0.3) is 15.7 Å². The number of carbonyl (C=O) groups is 2. The van der Waals surface area contributed by atoms with Crippen molar-refractivity contribution in [1.82, 2.24) is 10.2 Å². The summed E-state index contributed by atoms with van der Waals surface area (Å²) in [6.07, 6.45) is 5.17. The molecular formula is C32H38N4O7S.